The number of ketones is 1. The van der Waals surface area contributed by atoms with Crippen LogP contribution in [0.25, 0.3) is 21.8 Å². The Bertz CT molecular complexity index is 1240. The monoisotopic (exact) mass is 361 g/mol. The molecule has 3 N–H and O–H groups in total. The van der Waals surface area contributed by atoms with Crippen LogP contribution >= 0.6 is 0 Å². The van der Waals surface area contributed by atoms with Crippen molar-refractivity contribution in [1.29, 1.82) is 0 Å². The van der Waals surface area contributed by atoms with E-state index >= 15 is 0 Å². The second-order valence-electron chi connectivity index (χ2n) is 5.98. The summed E-state index contributed by atoms with van der Waals surface area (Å²) in [5.41, 5.74) is 2.12. The van der Waals surface area contributed by atoms with E-state index < -0.39 is 6.09 Å². The molecule has 0 bridgehead atoms. The van der Waals surface area contributed by atoms with Crippen molar-refractivity contribution in [3.8, 4) is 0 Å². The molecule has 0 atom stereocenters. The number of carbonyl (C=O) groups excluding carboxylic acids is 2. The third kappa shape index (κ3) is 2.85. The number of ether oxygens (including phenoxy) is 1. The van der Waals surface area contributed by atoms with Crippen LogP contribution in [0.1, 0.15) is 15.9 Å². The van der Waals surface area contributed by atoms with E-state index in [9.17, 15) is 14.4 Å². The number of pyridine rings is 1. The number of aromatic nitrogens is 2. The third-order valence-electron chi connectivity index (χ3n) is 4.38. The molecule has 0 fully saturated rings. The Morgan fingerprint density at radius 3 is 2.52 bits per heavy atom. The lowest BCUT2D eigenvalue weighted by molar-refractivity contribution is 0.104. The quantitative estimate of drug-likeness (QED) is 0.486. The molecule has 134 valence electrons. The van der Waals surface area contributed by atoms with E-state index in [0.717, 1.165) is 5.39 Å². The molecule has 0 unspecified atom stereocenters. The van der Waals surface area contributed by atoms with E-state index in [1.54, 1.807) is 36.5 Å². The Hall–Kier alpha value is -3.87. The van der Waals surface area contributed by atoms with Gasteiger partial charge in [-0.05, 0) is 30.3 Å². The molecule has 0 radical (unpaired) electrons. The van der Waals surface area contributed by atoms with Crippen LogP contribution in [-0.4, -0.2) is 29.0 Å². The van der Waals surface area contributed by atoms with Gasteiger partial charge in [0.15, 0.2) is 5.78 Å². The lowest BCUT2D eigenvalue weighted by Gasteiger charge is -2.06. The van der Waals surface area contributed by atoms with Crippen molar-refractivity contribution in [1.82, 2.24) is 9.97 Å². The standard InChI is InChI=1S/C20H15N3O4/c1-27-20(26)22-12-8-6-11(7-9-12)18(24)14-10-21-17-16(14)13-4-2-3-5-15(13)23-19(17)25/h2-10,21H,1H3,(H,22,26)(H,23,25). The van der Waals surface area contributed by atoms with Gasteiger partial charge in [-0.15, -0.1) is 0 Å². The van der Waals surface area contributed by atoms with Crippen LogP contribution in [0, 0.1) is 0 Å². The van der Waals surface area contributed by atoms with E-state index in [1.807, 2.05) is 18.2 Å². The number of para-hydroxylation sites is 1. The summed E-state index contributed by atoms with van der Waals surface area (Å²) in [5, 5.41) is 3.92. The van der Waals surface area contributed by atoms with Crippen LogP contribution in [0.15, 0.2) is 59.5 Å². The lowest BCUT2D eigenvalue weighted by Crippen LogP contribution is -2.11. The van der Waals surface area contributed by atoms with Gasteiger partial charge in [-0.2, -0.15) is 0 Å². The number of anilines is 1. The van der Waals surface area contributed by atoms with E-state index in [0.29, 0.717) is 33.2 Å². The molecule has 7 nitrogen and oxygen atoms in total. The van der Waals surface area contributed by atoms with Crippen LogP contribution in [0.2, 0.25) is 0 Å². The summed E-state index contributed by atoms with van der Waals surface area (Å²) in [4.78, 5) is 42.3. The number of methoxy groups -OCH3 is 1. The number of hydrogen-bond donors (Lipinski definition) is 3. The highest BCUT2D eigenvalue weighted by atomic mass is 16.5. The smallest absolute Gasteiger partial charge is 0.411 e. The zero-order chi connectivity index (χ0) is 19.0. The third-order valence-corrected chi connectivity index (χ3v) is 4.38. The molecular formula is C20H15N3O4. The predicted octanol–water partition coefficient (Wildman–Crippen LogP) is 3.42. The minimum atomic E-state index is -0.587. The van der Waals surface area contributed by atoms with Gasteiger partial charge in [0.25, 0.3) is 5.56 Å². The molecule has 0 aliphatic carbocycles. The fourth-order valence-corrected chi connectivity index (χ4v) is 3.09. The SMILES string of the molecule is COC(=O)Nc1ccc(C(=O)c2c[nH]c3c(=O)[nH]c4ccccc4c23)cc1. The van der Waals surface area contributed by atoms with Crippen molar-refractivity contribution in [3.63, 3.8) is 0 Å². The maximum Gasteiger partial charge on any atom is 0.411 e. The summed E-state index contributed by atoms with van der Waals surface area (Å²) in [6.07, 6.45) is 0.964. The molecule has 0 aliphatic rings. The van der Waals surface area contributed by atoms with Gasteiger partial charge in [-0.1, -0.05) is 18.2 Å². The number of fused-ring (bicyclic) bond motifs is 3. The maximum absolute atomic E-state index is 13.0. The number of nitrogens with one attached hydrogen (secondary N) is 3. The second-order valence-corrected chi connectivity index (χ2v) is 5.98. The number of rotatable bonds is 3. The van der Waals surface area contributed by atoms with Crippen molar-refractivity contribution in [2.45, 2.75) is 0 Å². The van der Waals surface area contributed by atoms with E-state index in [-0.39, 0.29) is 11.3 Å². The average Bonchev–Trinajstić information content (AvgIpc) is 3.14. The molecule has 4 aromatic rings. The Balaban J connectivity index is 1.79. The van der Waals surface area contributed by atoms with E-state index in [4.69, 9.17) is 0 Å². The van der Waals surface area contributed by atoms with Gasteiger partial charge < -0.3 is 14.7 Å². The van der Waals surface area contributed by atoms with Crippen LogP contribution in [-0.2, 0) is 4.74 Å². The lowest BCUT2D eigenvalue weighted by atomic mass is 10.0. The molecule has 2 aromatic heterocycles. The van der Waals surface area contributed by atoms with Crippen LogP contribution in [0.4, 0.5) is 10.5 Å². The van der Waals surface area contributed by atoms with Crippen molar-refractivity contribution >= 4 is 39.4 Å². The average molecular weight is 361 g/mol. The summed E-state index contributed by atoms with van der Waals surface area (Å²) in [6.45, 7) is 0. The van der Waals surface area contributed by atoms with Gasteiger partial charge in [-0.25, -0.2) is 4.79 Å². The van der Waals surface area contributed by atoms with Crippen molar-refractivity contribution < 1.29 is 14.3 Å². The van der Waals surface area contributed by atoms with Crippen LogP contribution < -0.4 is 10.9 Å². The molecule has 2 heterocycles. The van der Waals surface area contributed by atoms with Gasteiger partial charge in [0.05, 0.1) is 7.11 Å². The minimum Gasteiger partial charge on any atom is -0.453 e. The number of amides is 1. The Labute approximate surface area is 153 Å². The molecule has 1 amide bonds. The van der Waals surface area contributed by atoms with Crippen molar-refractivity contribution in [2.24, 2.45) is 0 Å². The molecule has 2 aromatic carbocycles. The van der Waals surface area contributed by atoms with Gasteiger partial charge in [0.2, 0.25) is 0 Å². The maximum atomic E-state index is 13.0. The highest BCUT2D eigenvalue weighted by molar-refractivity contribution is 6.21. The van der Waals surface area contributed by atoms with Gasteiger partial charge in [0.1, 0.15) is 5.52 Å². The summed E-state index contributed by atoms with van der Waals surface area (Å²) in [5.74, 6) is -0.221. The zero-order valence-electron chi connectivity index (χ0n) is 14.3. The first-order valence-corrected chi connectivity index (χ1v) is 8.20. The molecular weight excluding hydrogens is 346 g/mol. The van der Waals surface area contributed by atoms with Crippen LogP contribution in [0.3, 0.4) is 0 Å². The van der Waals surface area contributed by atoms with E-state index in [1.165, 1.54) is 7.11 Å². The first-order chi connectivity index (χ1) is 13.1. The number of carbonyl (C=O) groups is 2. The Morgan fingerprint density at radius 1 is 1.04 bits per heavy atom. The number of benzene rings is 2. The molecule has 0 aliphatic heterocycles. The highest BCUT2D eigenvalue weighted by Gasteiger charge is 2.18. The topological polar surface area (TPSA) is 104 Å². The number of hydrogen-bond acceptors (Lipinski definition) is 4. The molecule has 0 saturated carbocycles. The summed E-state index contributed by atoms with van der Waals surface area (Å²) < 4.78 is 4.54. The Morgan fingerprint density at radius 2 is 1.78 bits per heavy atom. The summed E-state index contributed by atoms with van der Waals surface area (Å²) in [7, 11) is 1.27. The van der Waals surface area contributed by atoms with Gasteiger partial charge >= 0.3 is 6.09 Å². The number of H-pyrrole nitrogens is 2. The predicted molar refractivity (Wildman–Crippen MR) is 102 cm³/mol. The normalized spacial score (nSPS) is 10.9. The molecule has 0 saturated heterocycles. The second kappa shape index (κ2) is 6.45. The summed E-state index contributed by atoms with van der Waals surface area (Å²) >= 11 is 0. The van der Waals surface area contributed by atoms with E-state index in [2.05, 4.69) is 20.0 Å². The Kier molecular flexibility index (Phi) is 3.97. The van der Waals surface area contributed by atoms with Crippen LogP contribution in [0.5, 0.6) is 0 Å². The first kappa shape index (κ1) is 16.6. The van der Waals surface area contributed by atoms with Gasteiger partial charge in [-0.3, -0.25) is 14.9 Å². The number of aromatic amines is 2. The zero-order valence-corrected chi connectivity index (χ0v) is 14.3. The molecule has 27 heavy (non-hydrogen) atoms. The molecule has 7 heteroatoms. The minimum absolute atomic E-state index is 0.221. The molecule has 0 spiro atoms. The first-order valence-electron chi connectivity index (χ1n) is 8.20. The summed E-state index contributed by atoms with van der Waals surface area (Å²) in [6, 6.07) is 13.8. The van der Waals surface area contributed by atoms with Crippen molar-refractivity contribution in [2.75, 3.05) is 12.4 Å². The van der Waals surface area contributed by atoms with Gasteiger partial charge in [0, 0.05) is 39.3 Å². The largest absolute Gasteiger partial charge is 0.453 e. The highest BCUT2D eigenvalue weighted by Crippen LogP contribution is 2.26. The molecule has 4 rings (SSSR count). The fraction of sp³-hybridized carbons (Fsp3) is 0.0500. The van der Waals surface area contributed by atoms with Crippen molar-refractivity contribution in [3.05, 3.63) is 76.2 Å². The fourth-order valence-electron chi connectivity index (χ4n) is 3.09.